The van der Waals surface area contributed by atoms with E-state index in [2.05, 4.69) is 28.5 Å². The first-order valence-corrected chi connectivity index (χ1v) is 7.65. The van der Waals surface area contributed by atoms with E-state index in [-0.39, 0.29) is 6.04 Å². The van der Waals surface area contributed by atoms with Gasteiger partial charge in [-0.15, -0.1) is 0 Å². The van der Waals surface area contributed by atoms with Crippen LogP contribution < -0.4 is 5.32 Å². The molecule has 7 heteroatoms. The number of aryl methyl sites for hydroxylation is 1. The predicted octanol–water partition coefficient (Wildman–Crippen LogP) is 1.40. The van der Waals surface area contributed by atoms with Gasteiger partial charge in [-0.1, -0.05) is 0 Å². The van der Waals surface area contributed by atoms with Crippen LogP contribution in [0.25, 0.3) is 0 Å². The van der Waals surface area contributed by atoms with Crippen LogP contribution in [0, 0.1) is 0 Å². The second-order valence-corrected chi connectivity index (χ2v) is 5.66. The second-order valence-electron chi connectivity index (χ2n) is 5.66. The first-order valence-electron chi connectivity index (χ1n) is 7.65. The van der Waals surface area contributed by atoms with Crippen molar-refractivity contribution in [3.63, 3.8) is 0 Å². The lowest BCUT2D eigenvalue weighted by Crippen LogP contribution is -2.24. The van der Waals surface area contributed by atoms with Crippen molar-refractivity contribution in [1.82, 2.24) is 24.5 Å². The summed E-state index contributed by atoms with van der Waals surface area (Å²) in [4.78, 5) is 4.67. The number of nitrogens with one attached hydrogen (secondary N) is 1. The van der Waals surface area contributed by atoms with E-state index in [0.717, 1.165) is 50.9 Å². The molecule has 2 aliphatic heterocycles. The molecule has 1 N–H and O–H groups in total. The summed E-state index contributed by atoms with van der Waals surface area (Å²) >= 11 is 0. The summed E-state index contributed by atoms with van der Waals surface area (Å²) in [6.45, 7) is 5.45. The molecule has 2 unspecified atom stereocenters. The summed E-state index contributed by atoms with van der Waals surface area (Å²) in [6.07, 6.45) is 6.08. The number of nitrogens with zero attached hydrogens (tertiary/aromatic N) is 5. The van der Waals surface area contributed by atoms with Gasteiger partial charge in [0.05, 0.1) is 18.8 Å². The monoisotopic (exact) mass is 288 g/mol. The van der Waals surface area contributed by atoms with E-state index in [1.54, 1.807) is 0 Å². The molecule has 0 spiro atoms. The van der Waals surface area contributed by atoms with Crippen LogP contribution in [0.5, 0.6) is 0 Å². The minimum Gasteiger partial charge on any atom is -0.381 e. The SMILES string of the molecule is CCn1cc(C2CCNc3nc(C4CCOC4)nn32)cn1. The Hall–Kier alpha value is -1.89. The van der Waals surface area contributed by atoms with Gasteiger partial charge in [-0.2, -0.15) is 15.2 Å². The fraction of sp³-hybridized carbons (Fsp3) is 0.643. The molecule has 2 atom stereocenters. The Balaban J connectivity index is 1.66. The van der Waals surface area contributed by atoms with Crippen LogP contribution in [0.3, 0.4) is 0 Å². The zero-order valence-corrected chi connectivity index (χ0v) is 12.2. The van der Waals surface area contributed by atoms with E-state index in [1.807, 2.05) is 15.6 Å². The predicted molar refractivity (Wildman–Crippen MR) is 77.3 cm³/mol. The summed E-state index contributed by atoms with van der Waals surface area (Å²) in [5, 5.41) is 12.5. The molecule has 0 saturated carbocycles. The number of ether oxygens (including phenoxy) is 1. The average Bonchev–Trinajstić information content (AvgIpc) is 3.24. The van der Waals surface area contributed by atoms with E-state index >= 15 is 0 Å². The summed E-state index contributed by atoms with van der Waals surface area (Å²) in [7, 11) is 0. The molecule has 0 amide bonds. The lowest BCUT2D eigenvalue weighted by molar-refractivity contribution is 0.193. The number of hydrogen-bond donors (Lipinski definition) is 1. The van der Waals surface area contributed by atoms with Crippen molar-refractivity contribution in [1.29, 1.82) is 0 Å². The van der Waals surface area contributed by atoms with Gasteiger partial charge in [-0.25, -0.2) is 4.68 Å². The van der Waals surface area contributed by atoms with Crippen molar-refractivity contribution < 1.29 is 4.74 Å². The van der Waals surface area contributed by atoms with Crippen LogP contribution in [-0.2, 0) is 11.3 Å². The third-order valence-electron chi connectivity index (χ3n) is 4.30. The second kappa shape index (κ2) is 5.14. The van der Waals surface area contributed by atoms with Gasteiger partial charge < -0.3 is 10.1 Å². The molecular formula is C14H20N6O. The maximum atomic E-state index is 5.45. The van der Waals surface area contributed by atoms with Gasteiger partial charge in [0.1, 0.15) is 0 Å². The Morgan fingerprint density at radius 3 is 3.14 bits per heavy atom. The van der Waals surface area contributed by atoms with Crippen LogP contribution in [-0.4, -0.2) is 44.3 Å². The summed E-state index contributed by atoms with van der Waals surface area (Å²) in [6, 6.07) is 0.227. The number of hydrogen-bond acceptors (Lipinski definition) is 5. The zero-order chi connectivity index (χ0) is 14.2. The van der Waals surface area contributed by atoms with Crippen molar-refractivity contribution in [2.45, 2.75) is 38.3 Å². The lowest BCUT2D eigenvalue weighted by Gasteiger charge is -2.23. The number of anilines is 1. The highest BCUT2D eigenvalue weighted by atomic mass is 16.5. The molecule has 0 aliphatic carbocycles. The summed E-state index contributed by atoms with van der Waals surface area (Å²) in [5.74, 6) is 2.12. The molecule has 1 saturated heterocycles. The van der Waals surface area contributed by atoms with Crippen molar-refractivity contribution in [2.75, 3.05) is 25.1 Å². The van der Waals surface area contributed by atoms with Crippen LogP contribution in [0.2, 0.25) is 0 Å². The zero-order valence-electron chi connectivity index (χ0n) is 12.2. The summed E-state index contributed by atoms with van der Waals surface area (Å²) < 4.78 is 9.43. The highest BCUT2D eigenvalue weighted by Gasteiger charge is 2.29. The maximum absolute atomic E-state index is 5.45. The van der Waals surface area contributed by atoms with Crippen molar-refractivity contribution in [3.05, 3.63) is 23.8 Å². The smallest absolute Gasteiger partial charge is 0.221 e. The quantitative estimate of drug-likeness (QED) is 0.924. The Kier molecular flexibility index (Phi) is 3.14. The van der Waals surface area contributed by atoms with Crippen LogP contribution >= 0.6 is 0 Å². The van der Waals surface area contributed by atoms with Gasteiger partial charge in [0.15, 0.2) is 5.82 Å². The normalized spacial score (nSPS) is 24.8. The number of aromatic nitrogens is 5. The first kappa shape index (κ1) is 12.8. The molecule has 4 heterocycles. The largest absolute Gasteiger partial charge is 0.381 e. The fourth-order valence-corrected chi connectivity index (χ4v) is 3.06. The Bertz CT molecular complexity index is 627. The van der Waals surface area contributed by atoms with E-state index in [4.69, 9.17) is 9.84 Å². The molecule has 4 rings (SSSR count). The molecule has 1 fully saturated rings. The Morgan fingerprint density at radius 1 is 1.43 bits per heavy atom. The molecule has 21 heavy (non-hydrogen) atoms. The van der Waals surface area contributed by atoms with Crippen LogP contribution in [0.4, 0.5) is 5.95 Å². The molecule has 0 aromatic carbocycles. The van der Waals surface area contributed by atoms with Crippen molar-refractivity contribution >= 4 is 5.95 Å². The molecular weight excluding hydrogens is 268 g/mol. The van der Waals surface area contributed by atoms with Gasteiger partial charge in [-0.3, -0.25) is 4.68 Å². The Labute approximate surface area is 123 Å². The molecule has 0 bridgehead atoms. The van der Waals surface area contributed by atoms with E-state index in [9.17, 15) is 0 Å². The number of rotatable bonds is 3. The van der Waals surface area contributed by atoms with Crippen molar-refractivity contribution in [2.24, 2.45) is 0 Å². The third-order valence-corrected chi connectivity index (χ3v) is 4.30. The van der Waals surface area contributed by atoms with E-state index < -0.39 is 0 Å². The van der Waals surface area contributed by atoms with E-state index in [1.165, 1.54) is 5.56 Å². The van der Waals surface area contributed by atoms with Crippen LogP contribution in [0.15, 0.2) is 12.4 Å². The molecule has 7 nitrogen and oxygen atoms in total. The fourth-order valence-electron chi connectivity index (χ4n) is 3.06. The van der Waals surface area contributed by atoms with E-state index in [0.29, 0.717) is 5.92 Å². The van der Waals surface area contributed by atoms with Gasteiger partial charge in [-0.05, 0) is 19.8 Å². The molecule has 2 aliphatic rings. The minimum absolute atomic E-state index is 0.227. The van der Waals surface area contributed by atoms with Gasteiger partial charge in [0.2, 0.25) is 5.95 Å². The first-order chi connectivity index (χ1) is 10.3. The van der Waals surface area contributed by atoms with Gasteiger partial charge in [0.25, 0.3) is 0 Å². The standard InChI is InChI=1S/C14H20N6O/c1-2-19-8-11(7-16-19)12-3-5-15-14-17-13(18-20(12)14)10-4-6-21-9-10/h7-8,10,12H,2-6,9H2,1H3,(H,15,17,18). The highest BCUT2D eigenvalue weighted by Crippen LogP contribution is 2.31. The highest BCUT2D eigenvalue weighted by molar-refractivity contribution is 5.32. The lowest BCUT2D eigenvalue weighted by atomic mass is 10.1. The molecule has 0 radical (unpaired) electrons. The topological polar surface area (TPSA) is 69.8 Å². The van der Waals surface area contributed by atoms with Crippen LogP contribution in [0.1, 0.15) is 43.1 Å². The van der Waals surface area contributed by atoms with Gasteiger partial charge >= 0.3 is 0 Å². The minimum atomic E-state index is 0.227. The average molecular weight is 288 g/mol. The maximum Gasteiger partial charge on any atom is 0.221 e. The molecule has 2 aromatic rings. The van der Waals surface area contributed by atoms with Gasteiger partial charge in [0, 0.05) is 37.4 Å². The van der Waals surface area contributed by atoms with Crippen molar-refractivity contribution in [3.8, 4) is 0 Å². The molecule has 112 valence electrons. The molecule has 2 aromatic heterocycles. The summed E-state index contributed by atoms with van der Waals surface area (Å²) in [5.41, 5.74) is 1.21. The number of fused-ring (bicyclic) bond motifs is 1. The third kappa shape index (κ3) is 2.21. The Morgan fingerprint density at radius 2 is 2.38 bits per heavy atom.